The summed E-state index contributed by atoms with van der Waals surface area (Å²) in [6.07, 6.45) is 2.81. The Labute approximate surface area is 192 Å². The molecule has 0 atom stereocenters. The molecule has 0 spiro atoms. The van der Waals surface area contributed by atoms with Gasteiger partial charge in [-0.05, 0) is 36.4 Å². The van der Waals surface area contributed by atoms with E-state index in [0.29, 0.717) is 44.2 Å². The Morgan fingerprint density at radius 2 is 2.00 bits per heavy atom. The molecule has 11 heteroatoms. The van der Waals surface area contributed by atoms with E-state index in [2.05, 4.69) is 20.8 Å². The molecule has 4 rings (SSSR count). The van der Waals surface area contributed by atoms with Crippen molar-refractivity contribution < 1.29 is 18.3 Å². The van der Waals surface area contributed by atoms with Gasteiger partial charge < -0.3 is 25.7 Å². The first-order valence-corrected chi connectivity index (χ1v) is 9.96. The number of amides is 1. The van der Waals surface area contributed by atoms with Gasteiger partial charge in [0.2, 0.25) is 0 Å². The van der Waals surface area contributed by atoms with Crippen LogP contribution >= 0.6 is 11.6 Å². The number of carbonyl (C=O) groups excluding carboxylic acids is 1. The minimum atomic E-state index is -0.410. The fourth-order valence-electron chi connectivity index (χ4n) is 3.04. The van der Waals surface area contributed by atoms with E-state index in [4.69, 9.17) is 32.4 Å². The van der Waals surface area contributed by atoms with E-state index >= 15 is 0 Å². The van der Waals surface area contributed by atoms with E-state index in [0.717, 1.165) is 0 Å². The maximum Gasteiger partial charge on any atom is 0.259 e. The fraction of sp³-hybridized carbons (Fsp3) is 0.0455. The van der Waals surface area contributed by atoms with Crippen LogP contribution in [-0.4, -0.2) is 16.7 Å². The number of furan rings is 1. The molecule has 0 aliphatic rings. The van der Waals surface area contributed by atoms with Gasteiger partial charge in [-0.25, -0.2) is 10.2 Å². The van der Waals surface area contributed by atoms with Gasteiger partial charge in [0.1, 0.15) is 35.7 Å². The number of halogens is 2. The smallest absolute Gasteiger partial charge is 0.259 e. The largest absolute Gasteiger partial charge is 0.489 e. The van der Waals surface area contributed by atoms with Crippen LogP contribution in [0.4, 0.5) is 10.1 Å². The Bertz CT molecular complexity index is 1340. The van der Waals surface area contributed by atoms with Gasteiger partial charge in [-0.15, -0.1) is 0 Å². The first-order valence-electron chi connectivity index (χ1n) is 9.58. The van der Waals surface area contributed by atoms with Crippen LogP contribution in [0.15, 0.2) is 70.5 Å². The maximum atomic E-state index is 13.1. The molecule has 0 radical (unpaired) electrons. The van der Waals surface area contributed by atoms with Crippen molar-refractivity contribution in [2.45, 2.75) is 6.61 Å². The first kappa shape index (κ1) is 22.1. The highest BCUT2D eigenvalue weighted by atomic mass is 35.5. The molecular weight excluding hydrogens is 451 g/mol. The van der Waals surface area contributed by atoms with Crippen LogP contribution in [0, 0.1) is 5.82 Å². The monoisotopic (exact) mass is 468 g/mol. The lowest BCUT2D eigenvalue weighted by Gasteiger charge is -2.09. The van der Waals surface area contributed by atoms with Crippen molar-refractivity contribution in [1.82, 2.24) is 10.4 Å². The molecule has 4 aromatic rings. The number of hydrazone groups is 1. The lowest BCUT2D eigenvalue weighted by molar-refractivity contribution is 0.102. The summed E-state index contributed by atoms with van der Waals surface area (Å²) in [7, 11) is 0. The number of benzene rings is 2. The number of hydrazine groups is 1. The van der Waals surface area contributed by atoms with Crippen LogP contribution in [0.5, 0.6) is 5.75 Å². The summed E-state index contributed by atoms with van der Waals surface area (Å²) < 4.78 is 24.3. The summed E-state index contributed by atoms with van der Waals surface area (Å²) in [5.74, 6) is 10.5. The number of hydrogen-bond donors (Lipinski definition) is 4. The quantitative estimate of drug-likeness (QED) is 0.147. The van der Waals surface area contributed by atoms with E-state index < -0.39 is 5.82 Å². The molecule has 1 amide bonds. The second-order valence-corrected chi connectivity index (χ2v) is 7.25. The topological polar surface area (TPSA) is 141 Å². The third kappa shape index (κ3) is 4.86. The number of hydrogen-bond acceptors (Lipinski definition) is 7. The number of ether oxygens (including phenoxy) is 1. The molecule has 2 heterocycles. The van der Waals surface area contributed by atoms with Gasteiger partial charge in [0.15, 0.2) is 5.84 Å². The summed E-state index contributed by atoms with van der Waals surface area (Å²) in [5, 5.41) is 7.09. The molecule has 2 aromatic heterocycles. The van der Waals surface area contributed by atoms with E-state index in [1.165, 1.54) is 24.6 Å². The van der Waals surface area contributed by atoms with Gasteiger partial charge in [-0.3, -0.25) is 9.78 Å². The molecule has 0 saturated carbocycles. The second kappa shape index (κ2) is 9.55. The number of aromatic nitrogens is 1. The Balaban J connectivity index is 1.42. The highest BCUT2D eigenvalue weighted by Gasteiger charge is 2.16. The molecule has 9 nitrogen and oxygen atoms in total. The van der Waals surface area contributed by atoms with Crippen molar-refractivity contribution >= 4 is 40.0 Å². The van der Waals surface area contributed by atoms with Crippen LogP contribution < -0.4 is 27.2 Å². The number of amidine groups is 1. The molecule has 0 saturated heterocycles. The predicted octanol–water partition coefficient (Wildman–Crippen LogP) is 3.54. The Kier molecular flexibility index (Phi) is 6.38. The number of fused-ring (bicyclic) bond motifs is 1. The first-order chi connectivity index (χ1) is 16.0. The van der Waals surface area contributed by atoms with Crippen molar-refractivity contribution in [2.75, 3.05) is 5.32 Å². The van der Waals surface area contributed by atoms with Crippen LogP contribution in [0.25, 0.3) is 11.0 Å². The molecule has 0 bridgehead atoms. The van der Waals surface area contributed by atoms with E-state index in [1.54, 1.807) is 36.4 Å². The number of rotatable bonds is 6. The van der Waals surface area contributed by atoms with Crippen molar-refractivity contribution in [1.29, 1.82) is 0 Å². The third-order valence-electron chi connectivity index (χ3n) is 4.73. The Morgan fingerprint density at radius 3 is 2.70 bits per heavy atom. The highest BCUT2D eigenvalue weighted by molar-refractivity contribution is 6.31. The molecular formula is C22H18ClFN6O3. The molecule has 2 aromatic carbocycles. The van der Waals surface area contributed by atoms with Gasteiger partial charge in [0, 0.05) is 23.5 Å². The van der Waals surface area contributed by atoms with Crippen LogP contribution in [0.1, 0.15) is 21.6 Å². The van der Waals surface area contributed by atoms with Gasteiger partial charge in [-0.2, -0.15) is 5.10 Å². The molecule has 168 valence electrons. The summed E-state index contributed by atoms with van der Waals surface area (Å²) in [4.78, 5) is 16.9. The number of nitrogens with two attached hydrogens (primary N) is 2. The molecule has 0 aliphatic carbocycles. The molecule has 0 unspecified atom stereocenters. The fourth-order valence-corrected chi connectivity index (χ4v) is 3.26. The average Bonchev–Trinajstić information content (AvgIpc) is 3.24. The van der Waals surface area contributed by atoms with Crippen LogP contribution in [-0.2, 0) is 6.61 Å². The van der Waals surface area contributed by atoms with Crippen molar-refractivity contribution in [3.05, 3.63) is 88.7 Å². The molecule has 0 fully saturated rings. The Morgan fingerprint density at radius 1 is 1.21 bits per heavy atom. The minimum absolute atomic E-state index is 0.170. The van der Waals surface area contributed by atoms with E-state index in [9.17, 15) is 9.18 Å². The number of nitrogens with one attached hydrogen (secondary N) is 2. The van der Waals surface area contributed by atoms with Gasteiger partial charge in [0.05, 0.1) is 16.0 Å². The summed E-state index contributed by atoms with van der Waals surface area (Å²) in [6.45, 7) is 0.178. The van der Waals surface area contributed by atoms with Gasteiger partial charge in [0.25, 0.3) is 5.91 Å². The van der Waals surface area contributed by atoms with Crippen molar-refractivity contribution in [3.8, 4) is 5.75 Å². The summed E-state index contributed by atoms with van der Waals surface area (Å²) in [5.41, 5.74) is 4.64. The lowest BCUT2D eigenvalue weighted by Crippen LogP contribution is -2.32. The summed E-state index contributed by atoms with van der Waals surface area (Å²) >= 11 is 6.01. The molecule has 33 heavy (non-hydrogen) atoms. The zero-order valence-electron chi connectivity index (χ0n) is 17.0. The third-order valence-corrected chi connectivity index (χ3v) is 5.09. The Hall–Kier alpha value is -4.15. The second-order valence-electron chi connectivity index (χ2n) is 6.84. The van der Waals surface area contributed by atoms with Crippen molar-refractivity contribution in [2.24, 2.45) is 16.8 Å². The predicted molar refractivity (Wildman–Crippen MR) is 122 cm³/mol. The van der Waals surface area contributed by atoms with Crippen LogP contribution in [0.2, 0.25) is 5.02 Å². The normalized spacial score (nSPS) is 11.4. The number of anilines is 1. The SMILES string of the molecule is NN=C(NN)c1cc2occ(C(=O)Nc3ccc(OCc4ccc(F)cc4Cl)cc3)c2cn1. The number of pyridine rings is 1. The minimum Gasteiger partial charge on any atom is -0.489 e. The maximum absolute atomic E-state index is 13.1. The molecule has 6 N–H and O–H groups in total. The van der Waals surface area contributed by atoms with E-state index in [-0.39, 0.29) is 18.3 Å². The summed E-state index contributed by atoms with van der Waals surface area (Å²) in [6, 6.07) is 12.5. The lowest BCUT2D eigenvalue weighted by atomic mass is 10.2. The van der Waals surface area contributed by atoms with Crippen LogP contribution in [0.3, 0.4) is 0 Å². The van der Waals surface area contributed by atoms with E-state index in [1.807, 2.05) is 0 Å². The standard InChI is InChI=1S/C22H18ClFN6O3/c23-18-7-13(24)2-1-12(18)10-32-15-5-3-14(4-6-15)28-22(31)17-11-33-20-8-19(21(29-25)30-26)27-9-16(17)20/h1-9,11H,10,25-26H2,(H,28,31)(H,29,30). The van der Waals surface area contributed by atoms with Gasteiger partial charge >= 0.3 is 0 Å². The van der Waals surface area contributed by atoms with Crippen molar-refractivity contribution in [3.63, 3.8) is 0 Å². The zero-order chi connectivity index (χ0) is 23.4. The van der Waals surface area contributed by atoms with Gasteiger partial charge in [-0.1, -0.05) is 17.7 Å². The average molecular weight is 469 g/mol. The number of carbonyl (C=O) groups is 1. The highest BCUT2D eigenvalue weighted by Crippen LogP contribution is 2.24. The molecule has 0 aliphatic heterocycles. The zero-order valence-corrected chi connectivity index (χ0v) is 17.8. The number of nitrogens with zero attached hydrogens (tertiary/aromatic N) is 2.